The van der Waals surface area contributed by atoms with E-state index in [0.29, 0.717) is 17.9 Å². The Morgan fingerprint density at radius 1 is 1.33 bits per heavy atom. The summed E-state index contributed by atoms with van der Waals surface area (Å²) in [5.74, 6) is 0.804. The van der Waals surface area contributed by atoms with Gasteiger partial charge in [-0.2, -0.15) is 0 Å². The summed E-state index contributed by atoms with van der Waals surface area (Å²) >= 11 is 0. The lowest BCUT2D eigenvalue weighted by Crippen LogP contribution is -2.44. The Balaban J connectivity index is 2.00. The molecule has 3 heteroatoms. The lowest BCUT2D eigenvalue weighted by molar-refractivity contribution is -0.137. The molecule has 1 N–H and O–H groups in total. The van der Waals surface area contributed by atoms with Gasteiger partial charge in [0.2, 0.25) is 5.91 Å². The van der Waals surface area contributed by atoms with Crippen LogP contribution in [0.3, 0.4) is 0 Å². The first-order chi connectivity index (χ1) is 8.65. The van der Waals surface area contributed by atoms with Crippen molar-refractivity contribution < 1.29 is 9.90 Å². The van der Waals surface area contributed by atoms with E-state index in [1.165, 1.54) is 0 Å². The number of carbonyl (C=O) groups is 1. The molecule has 4 unspecified atom stereocenters. The fourth-order valence-electron chi connectivity index (χ4n) is 3.77. The quantitative estimate of drug-likeness (QED) is 0.836. The molecule has 2 fully saturated rings. The van der Waals surface area contributed by atoms with Crippen molar-refractivity contribution in [1.29, 1.82) is 0 Å². The number of hydrogen-bond donors (Lipinski definition) is 1. The second-order valence-corrected chi connectivity index (χ2v) is 6.09. The van der Waals surface area contributed by atoms with Gasteiger partial charge in [0.15, 0.2) is 0 Å². The van der Waals surface area contributed by atoms with Gasteiger partial charge in [-0.15, -0.1) is 0 Å². The molecule has 1 heterocycles. The zero-order valence-corrected chi connectivity index (χ0v) is 11.8. The summed E-state index contributed by atoms with van der Waals surface area (Å²) in [6.07, 6.45) is 7.21. The molecule has 104 valence electrons. The molecule has 1 saturated heterocycles. The summed E-state index contributed by atoms with van der Waals surface area (Å²) in [5, 5.41) is 10.1. The molecule has 2 aliphatic rings. The van der Waals surface area contributed by atoms with E-state index in [-0.39, 0.29) is 12.0 Å². The Labute approximate surface area is 111 Å². The molecule has 0 aromatic rings. The van der Waals surface area contributed by atoms with Gasteiger partial charge in [0.05, 0.1) is 6.10 Å². The van der Waals surface area contributed by atoms with E-state index in [4.69, 9.17) is 0 Å². The van der Waals surface area contributed by atoms with E-state index in [1.54, 1.807) is 0 Å². The van der Waals surface area contributed by atoms with Crippen molar-refractivity contribution in [1.82, 2.24) is 4.90 Å². The van der Waals surface area contributed by atoms with Crippen molar-refractivity contribution in [3.8, 4) is 0 Å². The Morgan fingerprint density at radius 2 is 2.11 bits per heavy atom. The molecule has 0 spiro atoms. The van der Waals surface area contributed by atoms with E-state index in [1.807, 2.05) is 6.92 Å². The van der Waals surface area contributed by atoms with Gasteiger partial charge in [0.1, 0.15) is 0 Å². The molecule has 4 atom stereocenters. The van der Waals surface area contributed by atoms with Crippen molar-refractivity contribution in [3.05, 3.63) is 0 Å². The van der Waals surface area contributed by atoms with Crippen LogP contribution in [0.2, 0.25) is 0 Å². The topological polar surface area (TPSA) is 40.5 Å². The third-order valence-electron chi connectivity index (χ3n) is 4.75. The number of aliphatic hydroxyl groups is 1. The van der Waals surface area contributed by atoms with Crippen LogP contribution in [0, 0.1) is 11.8 Å². The third kappa shape index (κ3) is 2.71. The lowest BCUT2D eigenvalue weighted by atomic mass is 9.93. The molecule has 2 rings (SSSR count). The molecule has 3 nitrogen and oxygen atoms in total. The van der Waals surface area contributed by atoms with Crippen LogP contribution in [0.1, 0.15) is 58.8 Å². The number of rotatable bonds is 4. The summed E-state index contributed by atoms with van der Waals surface area (Å²) < 4.78 is 0. The molecule has 0 aromatic heterocycles. The molecule has 18 heavy (non-hydrogen) atoms. The van der Waals surface area contributed by atoms with Gasteiger partial charge < -0.3 is 10.0 Å². The van der Waals surface area contributed by atoms with Gasteiger partial charge in [0, 0.05) is 24.4 Å². The summed E-state index contributed by atoms with van der Waals surface area (Å²) in [6.45, 7) is 5.08. The normalized spacial score (nSPS) is 33.9. The van der Waals surface area contributed by atoms with E-state index in [9.17, 15) is 9.90 Å². The van der Waals surface area contributed by atoms with Gasteiger partial charge in [-0.3, -0.25) is 4.79 Å². The standard InChI is InChI=1S/C15H27NO2/c1-3-6-11(2)15(18)16-10-5-8-13(16)12-7-4-9-14(12)17/h11-14,17H,3-10H2,1-2H3. The molecular formula is C15H27NO2. The Morgan fingerprint density at radius 3 is 2.72 bits per heavy atom. The molecule has 1 amide bonds. The molecule has 0 radical (unpaired) electrons. The van der Waals surface area contributed by atoms with Crippen LogP contribution < -0.4 is 0 Å². The Bertz CT molecular complexity index is 292. The number of likely N-dealkylation sites (tertiary alicyclic amines) is 1. The highest BCUT2D eigenvalue weighted by atomic mass is 16.3. The Hall–Kier alpha value is -0.570. The largest absolute Gasteiger partial charge is 0.393 e. The highest BCUT2D eigenvalue weighted by molar-refractivity contribution is 5.79. The minimum Gasteiger partial charge on any atom is -0.393 e. The number of hydrogen-bond acceptors (Lipinski definition) is 2. The number of aliphatic hydroxyl groups excluding tert-OH is 1. The summed E-state index contributed by atoms with van der Waals surface area (Å²) in [4.78, 5) is 14.5. The molecule has 1 saturated carbocycles. The van der Waals surface area contributed by atoms with Crippen LogP contribution in [0.25, 0.3) is 0 Å². The fourth-order valence-corrected chi connectivity index (χ4v) is 3.77. The first kappa shape index (κ1) is 13.9. The molecule has 0 bridgehead atoms. The molecule has 1 aliphatic carbocycles. The second-order valence-electron chi connectivity index (χ2n) is 6.09. The van der Waals surface area contributed by atoms with Gasteiger partial charge in [-0.1, -0.05) is 26.7 Å². The molecule has 1 aliphatic heterocycles. The van der Waals surface area contributed by atoms with E-state index in [0.717, 1.165) is 51.5 Å². The van der Waals surface area contributed by atoms with Crippen molar-refractivity contribution in [2.24, 2.45) is 11.8 Å². The molecule has 0 aromatic carbocycles. The van der Waals surface area contributed by atoms with Crippen LogP contribution in [0.4, 0.5) is 0 Å². The fraction of sp³-hybridized carbons (Fsp3) is 0.933. The van der Waals surface area contributed by atoms with Gasteiger partial charge in [-0.05, 0) is 32.1 Å². The maximum Gasteiger partial charge on any atom is 0.225 e. The molecular weight excluding hydrogens is 226 g/mol. The van der Waals surface area contributed by atoms with Crippen LogP contribution in [0.5, 0.6) is 0 Å². The lowest BCUT2D eigenvalue weighted by Gasteiger charge is -2.33. The van der Waals surface area contributed by atoms with E-state index < -0.39 is 0 Å². The van der Waals surface area contributed by atoms with Crippen molar-refractivity contribution in [3.63, 3.8) is 0 Å². The zero-order chi connectivity index (χ0) is 13.1. The van der Waals surface area contributed by atoms with Crippen molar-refractivity contribution >= 4 is 5.91 Å². The van der Waals surface area contributed by atoms with E-state index >= 15 is 0 Å². The van der Waals surface area contributed by atoms with Crippen LogP contribution >= 0.6 is 0 Å². The predicted molar refractivity (Wildman–Crippen MR) is 72.2 cm³/mol. The average molecular weight is 253 g/mol. The maximum atomic E-state index is 12.5. The minimum absolute atomic E-state index is 0.147. The van der Waals surface area contributed by atoms with Crippen molar-refractivity contribution in [2.45, 2.75) is 70.9 Å². The summed E-state index contributed by atoms with van der Waals surface area (Å²) in [5.41, 5.74) is 0. The summed E-state index contributed by atoms with van der Waals surface area (Å²) in [7, 11) is 0. The van der Waals surface area contributed by atoms with Crippen molar-refractivity contribution in [2.75, 3.05) is 6.54 Å². The highest BCUT2D eigenvalue weighted by Gasteiger charge is 2.40. The van der Waals surface area contributed by atoms with Gasteiger partial charge in [-0.25, -0.2) is 0 Å². The van der Waals surface area contributed by atoms with E-state index in [2.05, 4.69) is 11.8 Å². The SMILES string of the molecule is CCCC(C)C(=O)N1CCCC1C1CCCC1O. The second kappa shape index (κ2) is 6.05. The highest BCUT2D eigenvalue weighted by Crippen LogP contribution is 2.36. The maximum absolute atomic E-state index is 12.5. The minimum atomic E-state index is -0.176. The predicted octanol–water partition coefficient (Wildman–Crippen LogP) is 2.57. The number of amides is 1. The smallest absolute Gasteiger partial charge is 0.225 e. The monoisotopic (exact) mass is 253 g/mol. The number of nitrogens with zero attached hydrogens (tertiary/aromatic N) is 1. The van der Waals surface area contributed by atoms with Gasteiger partial charge >= 0.3 is 0 Å². The average Bonchev–Trinajstić information content (AvgIpc) is 2.96. The number of carbonyl (C=O) groups excluding carboxylic acids is 1. The summed E-state index contributed by atoms with van der Waals surface area (Å²) in [6, 6.07) is 0.314. The first-order valence-electron chi connectivity index (χ1n) is 7.63. The van der Waals surface area contributed by atoms with Crippen LogP contribution in [0.15, 0.2) is 0 Å². The van der Waals surface area contributed by atoms with Gasteiger partial charge in [0.25, 0.3) is 0 Å². The third-order valence-corrected chi connectivity index (χ3v) is 4.75. The first-order valence-corrected chi connectivity index (χ1v) is 7.63. The zero-order valence-electron chi connectivity index (χ0n) is 11.8. The van der Waals surface area contributed by atoms with Crippen LogP contribution in [-0.4, -0.2) is 34.6 Å². The Kier molecular flexibility index (Phi) is 4.66. The van der Waals surface area contributed by atoms with Crippen LogP contribution in [-0.2, 0) is 4.79 Å².